The van der Waals surface area contributed by atoms with Crippen molar-refractivity contribution >= 4 is 21.9 Å². The van der Waals surface area contributed by atoms with Crippen molar-refractivity contribution in [3.05, 3.63) is 15.9 Å². The molecule has 100 valence electrons. The average Bonchev–Trinajstić information content (AvgIpc) is 2.53. The van der Waals surface area contributed by atoms with Crippen molar-refractivity contribution in [1.29, 1.82) is 0 Å². The largest absolute Gasteiger partial charge is 0.481 e. The van der Waals surface area contributed by atoms with Gasteiger partial charge >= 0.3 is 5.97 Å². The molecule has 1 aromatic rings. The predicted octanol–water partition coefficient (Wildman–Crippen LogP) is 1.88. The number of hydrogen-bond acceptors (Lipinski definition) is 3. The molecule has 0 bridgehead atoms. The van der Waals surface area contributed by atoms with Gasteiger partial charge in [0.05, 0.1) is 22.3 Å². The van der Waals surface area contributed by atoms with E-state index >= 15 is 0 Å². The Kier molecular flexibility index (Phi) is 4.07. The van der Waals surface area contributed by atoms with Crippen LogP contribution in [0.25, 0.3) is 0 Å². The lowest BCUT2D eigenvalue weighted by Gasteiger charge is -2.38. The third-order valence-corrected chi connectivity index (χ3v) is 4.35. The summed E-state index contributed by atoms with van der Waals surface area (Å²) in [6, 6.07) is 0. The Labute approximate surface area is 115 Å². The van der Waals surface area contributed by atoms with Crippen LogP contribution in [0, 0.1) is 12.8 Å². The van der Waals surface area contributed by atoms with Crippen molar-refractivity contribution in [2.24, 2.45) is 5.92 Å². The summed E-state index contributed by atoms with van der Waals surface area (Å²) in [7, 11) is 0. The Bertz CT molecular complexity index is 452. The van der Waals surface area contributed by atoms with Gasteiger partial charge in [-0.2, -0.15) is 5.10 Å². The molecule has 0 aliphatic carbocycles. The summed E-state index contributed by atoms with van der Waals surface area (Å²) >= 11 is 3.57. The Morgan fingerprint density at radius 2 is 2.22 bits per heavy atom. The molecule has 0 amide bonds. The van der Waals surface area contributed by atoms with Crippen LogP contribution in [0.1, 0.15) is 24.7 Å². The number of aromatic nitrogens is 2. The smallest absolute Gasteiger partial charge is 0.303 e. The minimum absolute atomic E-state index is 0.281. The second kappa shape index (κ2) is 5.40. The van der Waals surface area contributed by atoms with E-state index in [1.54, 1.807) is 0 Å². The lowest BCUT2D eigenvalue weighted by molar-refractivity contribution is -0.139. The Balaban J connectivity index is 1.94. The fourth-order valence-corrected chi connectivity index (χ4v) is 2.82. The standard InChI is InChI=1S/C12H18BrN3O2/c1-3-16-10(12(13)8(2)14-16)7-15-5-9(6-15)4-11(17)18/h9H,3-7H2,1-2H3,(H,17,18). The molecule has 0 saturated carbocycles. The zero-order valence-corrected chi connectivity index (χ0v) is 12.3. The molecule has 0 radical (unpaired) electrons. The van der Waals surface area contributed by atoms with Crippen LogP contribution in [-0.2, 0) is 17.9 Å². The van der Waals surface area contributed by atoms with Gasteiger partial charge in [-0.05, 0) is 35.7 Å². The number of aryl methyl sites for hydroxylation is 2. The Hall–Kier alpha value is -0.880. The maximum absolute atomic E-state index is 10.6. The van der Waals surface area contributed by atoms with Crippen LogP contribution in [0.3, 0.4) is 0 Å². The summed E-state index contributed by atoms with van der Waals surface area (Å²) < 4.78 is 3.08. The molecule has 1 saturated heterocycles. The second-order valence-electron chi connectivity index (χ2n) is 4.82. The van der Waals surface area contributed by atoms with Crippen LogP contribution < -0.4 is 0 Å². The van der Waals surface area contributed by atoms with Gasteiger partial charge in [0.25, 0.3) is 0 Å². The first-order valence-electron chi connectivity index (χ1n) is 6.17. The summed E-state index contributed by atoms with van der Waals surface area (Å²) in [5, 5.41) is 13.2. The van der Waals surface area contributed by atoms with Gasteiger partial charge in [0.15, 0.2) is 0 Å². The van der Waals surface area contributed by atoms with E-state index in [1.165, 1.54) is 5.69 Å². The van der Waals surface area contributed by atoms with E-state index in [9.17, 15) is 4.79 Å². The minimum Gasteiger partial charge on any atom is -0.481 e. The average molecular weight is 316 g/mol. The number of hydrogen-bond donors (Lipinski definition) is 1. The molecular weight excluding hydrogens is 298 g/mol. The molecule has 0 unspecified atom stereocenters. The van der Waals surface area contributed by atoms with Crippen LogP contribution in [0.5, 0.6) is 0 Å². The fraction of sp³-hybridized carbons (Fsp3) is 0.667. The molecule has 1 fully saturated rings. The van der Waals surface area contributed by atoms with E-state index in [1.807, 2.05) is 11.6 Å². The highest BCUT2D eigenvalue weighted by molar-refractivity contribution is 9.10. The third-order valence-electron chi connectivity index (χ3n) is 3.32. The van der Waals surface area contributed by atoms with Gasteiger partial charge in [0, 0.05) is 26.2 Å². The molecule has 0 atom stereocenters. The van der Waals surface area contributed by atoms with Crippen molar-refractivity contribution < 1.29 is 9.90 Å². The molecule has 0 spiro atoms. The molecule has 1 aromatic heterocycles. The van der Waals surface area contributed by atoms with E-state index < -0.39 is 5.97 Å². The SMILES string of the molecule is CCn1nc(C)c(Br)c1CN1CC(CC(=O)O)C1. The normalized spacial score (nSPS) is 16.8. The van der Waals surface area contributed by atoms with E-state index in [-0.39, 0.29) is 6.42 Å². The van der Waals surface area contributed by atoms with Crippen molar-refractivity contribution in [2.75, 3.05) is 13.1 Å². The highest BCUT2D eigenvalue weighted by atomic mass is 79.9. The molecule has 6 heteroatoms. The first-order valence-corrected chi connectivity index (χ1v) is 6.96. The van der Waals surface area contributed by atoms with Crippen molar-refractivity contribution in [2.45, 2.75) is 33.4 Å². The number of halogens is 1. The lowest BCUT2D eigenvalue weighted by Crippen LogP contribution is -2.47. The summed E-state index contributed by atoms with van der Waals surface area (Å²) in [5.41, 5.74) is 2.19. The maximum Gasteiger partial charge on any atom is 0.303 e. The van der Waals surface area contributed by atoms with Crippen LogP contribution >= 0.6 is 15.9 Å². The molecular formula is C12H18BrN3O2. The predicted molar refractivity (Wildman–Crippen MR) is 71.4 cm³/mol. The molecule has 5 nitrogen and oxygen atoms in total. The summed E-state index contributed by atoms with van der Waals surface area (Å²) in [6.45, 7) is 7.49. The molecule has 2 heterocycles. The summed E-state index contributed by atoms with van der Waals surface area (Å²) in [5.74, 6) is -0.393. The van der Waals surface area contributed by atoms with Gasteiger partial charge in [-0.3, -0.25) is 14.4 Å². The van der Waals surface area contributed by atoms with Crippen LogP contribution in [0.2, 0.25) is 0 Å². The van der Waals surface area contributed by atoms with Crippen LogP contribution in [0.15, 0.2) is 4.47 Å². The Morgan fingerprint density at radius 3 is 2.78 bits per heavy atom. The van der Waals surface area contributed by atoms with Gasteiger partial charge < -0.3 is 5.11 Å². The van der Waals surface area contributed by atoms with Crippen molar-refractivity contribution in [1.82, 2.24) is 14.7 Å². The molecule has 1 N–H and O–H groups in total. The molecule has 2 rings (SSSR count). The topological polar surface area (TPSA) is 58.4 Å². The monoisotopic (exact) mass is 315 g/mol. The van der Waals surface area contributed by atoms with E-state index in [0.29, 0.717) is 5.92 Å². The van der Waals surface area contributed by atoms with Gasteiger partial charge in [-0.15, -0.1) is 0 Å². The number of rotatable bonds is 5. The summed E-state index contributed by atoms with van der Waals surface area (Å²) in [4.78, 5) is 12.9. The van der Waals surface area contributed by atoms with Gasteiger partial charge in [0.1, 0.15) is 0 Å². The van der Waals surface area contributed by atoms with Gasteiger partial charge in [-0.25, -0.2) is 0 Å². The highest BCUT2D eigenvalue weighted by Crippen LogP contribution is 2.26. The zero-order valence-electron chi connectivity index (χ0n) is 10.7. The minimum atomic E-state index is -0.699. The van der Waals surface area contributed by atoms with Crippen molar-refractivity contribution in [3.8, 4) is 0 Å². The number of carbonyl (C=O) groups is 1. The number of carboxylic acid groups (broad SMARTS) is 1. The van der Waals surface area contributed by atoms with E-state index in [2.05, 4.69) is 32.9 Å². The maximum atomic E-state index is 10.6. The van der Waals surface area contributed by atoms with Crippen LogP contribution in [-0.4, -0.2) is 38.8 Å². The molecule has 18 heavy (non-hydrogen) atoms. The van der Waals surface area contributed by atoms with Crippen molar-refractivity contribution in [3.63, 3.8) is 0 Å². The van der Waals surface area contributed by atoms with E-state index in [0.717, 1.165) is 36.3 Å². The molecule has 1 aliphatic rings. The van der Waals surface area contributed by atoms with E-state index in [4.69, 9.17) is 5.11 Å². The number of nitrogens with zero attached hydrogens (tertiary/aromatic N) is 3. The quantitative estimate of drug-likeness (QED) is 0.901. The van der Waals surface area contributed by atoms with Gasteiger partial charge in [0.2, 0.25) is 0 Å². The number of likely N-dealkylation sites (tertiary alicyclic amines) is 1. The zero-order chi connectivity index (χ0) is 13.3. The number of aliphatic carboxylic acids is 1. The molecule has 0 aromatic carbocycles. The molecule has 1 aliphatic heterocycles. The lowest BCUT2D eigenvalue weighted by atomic mass is 9.96. The first-order chi connectivity index (χ1) is 8.51. The van der Waals surface area contributed by atoms with Gasteiger partial charge in [-0.1, -0.05) is 0 Å². The third kappa shape index (κ3) is 2.75. The first kappa shape index (κ1) is 13.5. The second-order valence-corrected chi connectivity index (χ2v) is 5.61. The fourth-order valence-electron chi connectivity index (χ4n) is 2.41. The Morgan fingerprint density at radius 1 is 1.56 bits per heavy atom. The summed E-state index contributed by atoms with van der Waals surface area (Å²) in [6.07, 6.45) is 0.281. The number of carboxylic acids is 1. The highest BCUT2D eigenvalue weighted by Gasteiger charge is 2.29. The van der Waals surface area contributed by atoms with Crippen LogP contribution in [0.4, 0.5) is 0 Å².